The lowest BCUT2D eigenvalue weighted by molar-refractivity contribution is -0.145. The van der Waals surface area contributed by atoms with Crippen molar-refractivity contribution in [2.45, 2.75) is 31.9 Å². The predicted molar refractivity (Wildman–Crippen MR) is 74.6 cm³/mol. The smallest absolute Gasteiger partial charge is 0.256 e. The number of carbonyl (C=O) groups is 1. The third-order valence-corrected chi connectivity index (χ3v) is 3.51. The van der Waals surface area contributed by atoms with Crippen LogP contribution in [0.4, 0.5) is 0 Å². The summed E-state index contributed by atoms with van der Waals surface area (Å²) in [6, 6.07) is 9.91. The van der Waals surface area contributed by atoms with Crippen molar-refractivity contribution in [3.05, 3.63) is 35.9 Å². The normalized spacial score (nSPS) is 18.3. The Hall–Kier alpha value is -1.39. The van der Waals surface area contributed by atoms with Crippen LogP contribution >= 0.6 is 0 Å². The lowest BCUT2D eigenvalue weighted by Gasteiger charge is -2.32. The van der Waals surface area contributed by atoms with Crippen molar-refractivity contribution in [2.75, 3.05) is 19.7 Å². The summed E-state index contributed by atoms with van der Waals surface area (Å²) in [6.45, 7) is 3.90. The number of nitrogens with two attached hydrogens (primary N) is 1. The molecule has 0 saturated carbocycles. The lowest BCUT2D eigenvalue weighted by atomic mass is 10.0. The van der Waals surface area contributed by atoms with E-state index in [9.17, 15) is 4.79 Å². The maximum atomic E-state index is 12.6. The molecule has 104 valence electrons. The SMILES string of the molecule is CCOC(C(=O)N1CCC(N)CC1)c1ccccc1. The van der Waals surface area contributed by atoms with Gasteiger partial charge in [-0.25, -0.2) is 0 Å². The summed E-state index contributed by atoms with van der Waals surface area (Å²) >= 11 is 0. The molecule has 1 heterocycles. The highest BCUT2D eigenvalue weighted by Gasteiger charge is 2.28. The van der Waals surface area contributed by atoms with Gasteiger partial charge < -0.3 is 15.4 Å². The summed E-state index contributed by atoms with van der Waals surface area (Å²) in [5.74, 6) is 0.0555. The van der Waals surface area contributed by atoms with Crippen molar-refractivity contribution in [2.24, 2.45) is 5.73 Å². The molecule has 0 aromatic heterocycles. The van der Waals surface area contributed by atoms with E-state index < -0.39 is 6.10 Å². The topological polar surface area (TPSA) is 55.6 Å². The first-order valence-corrected chi connectivity index (χ1v) is 6.93. The summed E-state index contributed by atoms with van der Waals surface area (Å²) in [6.07, 6.45) is 1.26. The maximum Gasteiger partial charge on any atom is 0.256 e. The van der Waals surface area contributed by atoms with Gasteiger partial charge in [0, 0.05) is 25.7 Å². The minimum absolute atomic E-state index is 0.0555. The summed E-state index contributed by atoms with van der Waals surface area (Å²) in [4.78, 5) is 14.4. The quantitative estimate of drug-likeness (QED) is 0.898. The number of likely N-dealkylation sites (tertiary alicyclic amines) is 1. The molecule has 1 saturated heterocycles. The molecule has 1 aromatic carbocycles. The van der Waals surface area contributed by atoms with Crippen molar-refractivity contribution in [3.63, 3.8) is 0 Å². The van der Waals surface area contributed by atoms with Crippen LogP contribution in [0.1, 0.15) is 31.4 Å². The van der Waals surface area contributed by atoms with Gasteiger partial charge in [0.25, 0.3) is 5.91 Å². The number of nitrogens with zero attached hydrogens (tertiary/aromatic N) is 1. The van der Waals surface area contributed by atoms with Crippen LogP contribution in [0.15, 0.2) is 30.3 Å². The third-order valence-electron chi connectivity index (χ3n) is 3.51. The Balaban J connectivity index is 2.08. The summed E-state index contributed by atoms with van der Waals surface area (Å²) in [5.41, 5.74) is 6.79. The minimum atomic E-state index is -0.486. The number of benzene rings is 1. The van der Waals surface area contributed by atoms with Gasteiger partial charge in [-0.3, -0.25) is 4.79 Å². The first-order valence-electron chi connectivity index (χ1n) is 6.93. The standard InChI is InChI=1S/C15H22N2O2/c1-2-19-14(12-6-4-3-5-7-12)15(18)17-10-8-13(16)9-11-17/h3-7,13-14H,2,8-11,16H2,1H3. The number of ether oxygens (including phenoxy) is 1. The van der Waals surface area contributed by atoms with E-state index in [1.54, 1.807) is 0 Å². The van der Waals surface area contributed by atoms with Crippen LogP contribution in [0.5, 0.6) is 0 Å². The molecule has 4 heteroatoms. The molecule has 1 amide bonds. The highest BCUT2D eigenvalue weighted by Crippen LogP contribution is 2.22. The van der Waals surface area contributed by atoms with Gasteiger partial charge in [0.05, 0.1) is 0 Å². The van der Waals surface area contributed by atoms with Crippen LogP contribution < -0.4 is 5.73 Å². The molecule has 1 aliphatic rings. The second-order valence-corrected chi connectivity index (χ2v) is 4.91. The Morgan fingerprint density at radius 1 is 1.37 bits per heavy atom. The van der Waals surface area contributed by atoms with Gasteiger partial charge in [-0.1, -0.05) is 30.3 Å². The van der Waals surface area contributed by atoms with Crippen LogP contribution in [0.25, 0.3) is 0 Å². The predicted octanol–water partition coefficient (Wildman–Crippen LogP) is 1.71. The van der Waals surface area contributed by atoms with E-state index >= 15 is 0 Å². The fraction of sp³-hybridized carbons (Fsp3) is 0.533. The van der Waals surface area contributed by atoms with E-state index in [2.05, 4.69) is 0 Å². The Bertz CT molecular complexity index is 400. The number of amides is 1. The van der Waals surface area contributed by atoms with Crippen LogP contribution in [-0.2, 0) is 9.53 Å². The minimum Gasteiger partial charge on any atom is -0.364 e. The summed E-state index contributed by atoms with van der Waals surface area (Å²) in [7, 11) is 0. The summed E-state index contributed by atoms with van der Waals surface area (Å²) in [5, 5.41) is 0. The molecule has 0 radical (unpaired) electrons. The monoisotopic (exact) mass is 262 g/mol. The van der Waals surface area contributed by atoms with E-state index in [1.807, 2.05) is 42.2 Å². The van der Waals surface area contributed by atoms with Crippen molar-refractivity contribution >= 4 is 5.91 Å². The van der Waals surface area contributed by atoms with Gasteiger partial charge in [-0.05, 0) is 25.3 Å². The molecule has 1 aliphatic heterocycles. The molecule has 1 unspecified atom stereocenters. The van der Waals surface area contributed by atoms with Crippen molar-refractivity contribution < 1.29 is 9.53 Å². The average Bonchev–Trinajstić information content (AvgIpc) is 2.46. The van der Waals surface area contributed by atoms with Crippen LogP contribution in [-0.4, -0.2) is 36.5 Å². The number of hydrogen-bond acceptors (Lipinski definition) is 3. The van der Waals surface area contributed by atoms with E-state index in [0.29, 0.717) is 6.61 Å². The zero-order valence-electron chi connectivity index (χ0n) is 11.4. The van der Waals surface area contributed by atoms with Crippen molar-refractivity contribution in [1.82, 2.24) is 4.90 Å². The maximum absolute atomic E-state index is 12.6. The second-order valence-electron chi connectivity index (χ2n) is 4.91. The molecular formula is C15H22N2O2. The Kier molecular flexibility index (Phi) is 4.93. The van der Waals surface area contributed by atoms with E-state index in [-0.39, 0.29) is 11.9 Å². The first kappa shape index (κ1) is 14.0. The molecule has 4 nitrogen and oxygen atoms in total. The zero-order chi connectivity index (χ0) is 13.7. The molecule has 1 aromatic rings. The number of carbonyl (C=O) groups excluding carboxylic acids is 1. The van der Waals surface area contributed by atoms with Crippen LogP contribution in [0.3, 0.4) is 0 Å². The highest BCUT2D eigenvalue weighted by molar-refractivity contribution is 5.82. The zero-order valence-corrected chi connectivity index (χ0v) is 11.4. The number of hydrogen-bond donors (Lipinski definition) is 1. The lowest BCUT2D eigenvalue weighted by Crippen LogP contribution is -2.45. The molecule has 1 fully saturated rings. The Morgan fingerprint density at radius 2 is 2.00 bits per heavy atom. The molecule has 19 heavy (non-hydrogen) atoms. The van der Waals surface area contributed by atoms with Gasteiger partial charge in [0.1, 0.15) is 0 Å². The first-order chi connectivity index (χ1) is 9.22. The molecule has 1 atom stereocenters. The molecule has 0 spiro atoms. The molecule has 2 rings (SSSR count). The second kappa shape index (κ2) is 6.68. The Morgan fingerprint density at radius 3 is 2.58 bits per heavy atom. The fourth-order valence-electron chi connectivity index (χ4n) is 2.39. The van der Waals surface area contributed by atoms with Crippen molar-refractivity contribution in [1.29, 1.82) is 0 Å². The largest absolute Gasteiger partial charge is 0.364 e. The highest BCUT2D eigenvalue weighted by atomic mass is 16.5. The summed E-state index contributed by atoms with van der Waals surface area (Å²) < 4.78 is 5.65. The van der Waals surface area contributed by atoms with Gasteiger partial charge in [0.15, 0.2) is 6.10 Å². The number of piperidine rings is 1. The van der Waals surface area contributed by atoms with Gasteiger partial charge in [0.2, 0.25) is 0 Å². The van der Waals surface area contributed by atoms with Crippen molar-refractivity contribution in [3.8, 4) is 0 Å². The van der Waals surface area contributed by atoms with E-state index in [4.69, 9.17) is 10.5 Å². The fourth-order valence-corrected chi connectivity index (χ4v) is 2.39. The molecular weight excluding hydrogens is 240 g/mol. The average molecular weight is 262 g/mol. The molecule has 2 N–H and O–H groups in total. The van der Waals surface area contributed by atoms with Gasteiger partial charge in [-0.2, -0.15) is 0 Å². The Labute approximate surface area is 114 Å². The third kappa shape index (κ3) is 3.55. The van der Waals surface area contributed by atoms with Crippen LogP contribution in [0, 0.1) is 0 Å². The molecule has 0 bridgehead atoms. The van der Waals surface area contributed by atoms with E-state index in [0.717, 1.165) is 31.5 Å². The van der Waals surface area contributed by atoms with Crippen LogP contribution in [0.2, 0.25) is 0 Å². The number of rotatable bonds is 4. The van der Waals surface area contributed by atoms with Gasteiger partial charge in [-0.15, -0.1) is 0 Å². The van der Waals surface area contributed by atoms with E-state index in [1.165, 1.54) is 0 Å². The molecule has 0 aliphatic carbocycles. The van der Waals surface area contributed by atoms with Gasteiger partial charge >= 0.3 is 0 Å².